The number of nitrogens with zero attached hydrogens (tertiary/aromatic N) is 2. The van der Waals surface area contributed by atoms with Gasteiger partial charge in [0.15, 0.2) is 0 Å². The molecular formula is C18H20N2OS. The fraction of sp³-hybridized carbons (Fsp3) is 0.333. The van der Waals surface area contributed by atoms with Crippen LogP contribution in [0.3, 0.4) is 0 Å². The maximum atomic E-state index is 12.4. The van der Waals surface area contributed by atoms with E-state index in [1.165, 1.54) is 5.56 Å². The molecule has 1 unspecified atom stereocenters. The molecule has 0 bridgehead atoms. The lowest BCUT2D eigenvalue weighted by atomic mass is 10.0. The van der Waals surface area contributed by atoms with Crippen LogP contribution in [0.2, 0.25) is 0 Å². The molecule has 1 atom stereocenters. The summed E-state index contributed by atoms with van der Waals surface area (Å²) in [5.41, 5.74) is 2.17. The molecule has 1 aromatic carbocycles. The summed E-state index contributed by atoms with van der Waals surface area (Å²) in [7, 11) is 0. The molecule has 3 nitrogen and oxygen atoms in total. The van der Waals surface area contributed by atoms with E-state index < -0.39 is 0 Å². The summed E-state index contributed by atoms with van der Waals surface area (Å²) in [6.45, 7) is 2.83. The fourth-order valence-corrected chi connectivity index (χ4v) is 3.51. The van der Waals surface area contributed by atoms with E-state index in [4.69, 9.17) is 0 Å². The van der Waals surface area contributed by atoms with Gasteiger partial charge in [-0.3, -0.25) is 4.79 Å². The summed E-state index contributed by atoms with van der Waals surface area (Å²) >= 11 is 1.60. The molecule has 0 aliphatic carbocycles. The van der Waals surface area contributed by atoms with E-state index >= 15 is 0 Å². The van der Waals surface area contributed by atoms with E-state index in [9.17, 15) is 4.79 Å². The minimum atomic E-state index is 0.101. The standard InChI is InChI=1S/C18H20N2OS/c1-14-19-16(13-22-14)9-10-18(21)20-11-5-8-17(20)12-15-6-3-2-4-7-15/h2-4,6-7,9-10,13,17H,5,8,11-12H2,1H3/b10-9+. The number of likely N-dealkylation sites (tertiary alicyclic amines) is 1. The lowest BCUT2D eigenvalue weighted by molar-refractivity contribution is -0.126. The predicted octanol–water partition coefficient (Wildman–Crippen LogP) is 3.70. The first-order valence-corrected chi connectivity index (χ1v) is 8.55. The Labute approximate surface area is 135 Å². The van der Waals surface area contributed by atoms with Gasteiger partial charge in [0.2, 0.25) is 5.91 Å². The summed E-state index contributed by atoms with van der Waals surface area (Å²) < 4.78 is 0. The molecule has 1 fully saturated rings. The summed E-state index contributed by atoms with van der Waals surface area (Å²) in [5.74, 6) is 0.101. The van der Waals surface area contributed by atoms with Crippen molar-refractivity contribution in [2.75, 3.05) is 6.54 Å². The van der Waals surface area contributed by atoms with Crippen LogP contribution >= 0.6 is 11.3 Å². The second kappa shape index (κ2) is 6.88. The van der Waals surface area contributed by atoms with Crippen LogP contribution < -0.4 is 0 Å². The Morgan fingerprint density at radius 2 is 2.23 bits per heavy atom. The zero-order valence-corrected chi connectivity index (χ0v) is 13.6. The average molecular weight is 312 g/mol. The number of hydrogen-bond acceptors (Lipinski definition) is 3. The molecule has 4 heteroatoms. The quantitative estimate of drug-likeness (QED) is 0.807. The molecule has 1 aliphatic rings. The van der Waals surface area contributed by atoms with Gasteiger partial charge < -0.3 is 4.90 Å². The third kappa shape index (κ3) is 3.63. The van der Waals surface area contributed by atoms with Gasteiger partial charge in [0.1, 0.15) is 0 Å². The van der Waals surface area contributed by atoms with Crippen LogP contribution in [0.1, 0.15) is 29.1 Å². The summed E-state index contributed by atoms with van der Waals surface area (Å²) in [6, 6.07) is 10.7. The average Bonchev–Trinajstić information content (AvgIpc) is 3.15. The van der Waals surface area contributed by atoms with Gasteiger partial charge in [-0.15, -0.1) is 11.3 Å². The van der Waals surface area contributed by atoms with Crippen LogP contribution in [0, 0.1) is 6.92 Å². The Balaban J connectivity index is 1.64. The number of amides is 1. The monoisotopic (exact) mass is 312 g/mol. The largest absolute Gasteiger partial charge is 0.336 e. The van der Waals surface area contributed by atoms with Crippen LogP contribution in [-0.2, 0) is 11.2 Å². The summed E-state index contributed by atoms with van der Waals surface area (Å²) in [5, 5.41) is 3.00. The van der Waals surface area contributed by atoms with Gasteiger partial charge in [-0.05, 0) is 37.8 Å². The van der Waals surface area contributed by atoms with Gasteiger partial charge >= 0.3 is 0 Å². The highest BCUT2D eigenvalue weighted by molar-refractivity contribution is 7.09. The van der Waals surface area contributed by atoms with Crippen molar-refractivity contribution >= 4 is 23.3 Å². The predicted molar refractivity (Wildman–Crippen MR) is 90.8 cm³/mol. The van der Waals surface area contributed by atoms with E-state index in [0.717, 1.165) is 36.5 Å². The number of thiazole rings is 1. The second-order valence-corrected chi connectivity index (χ2v) is 6.70. The number of aromatic nitrogens is 1. The lowest BCUT2D eigenvalue weighted by Crippen LogP contribution is -2.35. The van der Waals surface area contributed by atoms with E-state index in [-0.39, 0.29) is 5.91 Å². The Morgan fingerprint density at radius 1 is 1.41 bits per heavy atom. The second-order valence-electron chi connectivity index (χ2n) is 5.64. The Bertz CT molecular complexity index is 663. The molecule has 0 saturated carbocycles. The van der Waals surface area contributed by atoms with Crippen molar-refractivity contribution in [3.63, 3.8) is 0 Å². The molecular weight excluding hydrogens is 292 g/mol. The lowest BCUT2D eigenvalue weighted by Gasteiger charge is -2.23. The third-order valence-electron chi connectivity index (χ3n) is 4.01. The Hall–Kier alpha value is -1.94. The molecule has 22 heavy (non-hydrogen) atoms. The Kier molecular flexibility index (Phi) is 4.68. The topological polar surface area (TPSA) is 33.2 Å². The summed E-state index contributed by atoms with van der Waals surface area (Å²) in [4.78, 5) is 18.8. The molecule has 0 spiro atoms. The molecule has 3 rings (SSSR count). The molecule has 1 amide bonds. The maximum absolute atomic E-state index is 12.4. The fourth-order valence-electron chi connectivity index (χ4n) is 2.93. The zero-order chi connectivity index (χ0) is 15.4. The smallest absolute Gasteiger partial charge is 0.246 e. The van der Waals surface area contributed by atoms with Gasteiger partial charge in [-0.2, -0.15) is 0 Å². The number of carbonyl (C=O) groups excluding carboxylic acids is 1. The van der Waals surface area contributed by atoms with Gasteiger partial charge in [0.05, 0.1) is 10.7 Å². The normalized spacial score (nSPS) is 18.2. The van der Waals surface area contributed by atoms with Crippen molar-refractivity contribution in [3.05, 3.63) is 58.1 Å². The van der Waals surface area contributed by atoms with Crippen molar-refractivity contribution in [2.45, 2.75) is 32.2 Å². The van der Waals surface area contributed by atoms with Crippen molar-refractivity contribution in [3.8, 4) is 0 Å². The number of aryl methyl sites for hydroxylation is 1. The van der Waals surface area contributed by atoms with Crippen molar-refractivity contribution in [1.29, 1.82) is 0 Å². The first-order chi connectivity index (χ1) is 10.7. The highest BCUT2D eigenvalue weighted by Gasteiger charge is 2.27. The van der Waals surface area contributed by atoms with Crippen LogP contribution in [-0.4, -0.2) is 28.4 Å². The van der Waals surface area contributed by atoms with Crippen LogP contribution in [0.25, 0.3) is 6.08 Å². The maximum Gasteiger partial charge on any atom is 0.246 e. The van der Waals surface area contributed by atoms with E-state index in [1.54, 1.807) is 17.4 Å². The number of benzene rings is 1. The summed E-state index contributed by atoms with van der Waals surface area (Å²) in [6.07, 6.45) is 6.61. The first kappa shape index (κ1) is 15.0. The molecule has 1 aromatic heterocycles. The van der Waals surface area contributed by atoms with Gasteiger partial charge in [-0.1, -0.05) is 30.3 Å². The SMILES string of the molecule is Cc1nc(/C=C/C(=O)N2CCCC2Cc2ccccc2)cs1. The molecule has 2 aromatic rings. The Morgan fingerprint density at radius 3 is 2.95 bits per heavy atom. The molecule has 1 aliphatic heterocycles. The van der Waals surface area contributed by atoms with Crippen molar-refractivity contribution < 1.29 is 4.79 Å². The van der Waals surface area contributed by atoms with Crippen LogP contribution in [0.4, 0.5) is 0 Å². The van der Waals surface area contributed by atoms with E-state index in [1.807, 2.05) is 29.3 Å². The number of carbonyl (C=O) groups is 1. The van der Waals surface area contributed by atoms with E-state index in [2.05, 4.69) is 29.2 Å². The van der Waals surface area contributed by atoms with Crippen molar-refractivity contribution in [1.82, 2.24) is 9.88 Å². The highest BCUT2D eigenvalue weighted by atomic mass is 32.1. The van der Waals surface area contributed by atoms with E-state index in [0.29, 0.717) is 6.04 Å². The van der Waals surface area contributed by atoms with Crippen LogP contribution in [0.5, 0.6) is 0 Å². The molecule has 1 saturated heterocycles. The molecule has 0 radical (unpaired) electrons. The molecule has 2 heterocycles. The van der Waals surface area contributed by atoms with Gasteiger partial charge in [0, 0.05) is 24.0 Å². The third-order valence-corrected chi connectivity index (χ3v) is 4.80. The minimum absolute atomic E-state index is 0.101. The van der Waals surface area contributed by atoms with Gasteiger partial charge in [0.25, 0.3) is 0 Å². The van der Waals surface area contributed by atoms with Crippen molar-refractivity contribution in [2.24, 2.45) is 0 Å². The van der Waals surface area contributed by atoms with Gasteiger partial charge in [-0.25, -0.2) is 4.98 Å². The first-order valence-electron chi connectivity index (χ1n) is 7.67. The molecule has 114 valence electrons. The number of rotatable bonds is 4. The highest BCUT2D eigenvalue weighted by Crippen LogP contribution is 2.22. The zero-order valence-electron chi connectivity index (χ0n) is 12.7. The molecule has 0 N–H and O–H groups in total. The van der Waals surface area contributed by atoms with Crippen LogP contribution in [0.15, 0.2) is 41.8 Å². The number of hydrogen-bond donors (Lipinski definition) is 0. The minimum Gasteiger partial charge on any atom is -0.336 e.